The Morgan fingerprint density at radius 1 is 1.68 bits per heavy atom. The summed E-state index contributed by atoms with van der Waals surface area (Å²) in [6.07, 6.45) is 2.92. The number of hydrogen-bond donors (Lipinski definition) is 3. The number of H-pyrrole nitrogens is 1. The molecule has 3 N–H and O–H groups in total. The Hall–Kier alpha value is -1.85. The molecule has 0 aromatic carbocycles. The van der Waals surface area contributed by atoms with Crippen LogP contribution in [0.15, 0.2) is 10.9 Å². The molecule has 0 spiro atoms. The van der Waals surface area contributed by atoms with Gasteiger partial charge in [-0.15, -0.1) is 0 Å². The zero-order valence-corrected chi connectivity index (χ0v) is 11.2. The number of carboxylic acids is 1. The van der Waals surface area contributed by atoms with Crippen molar-refractivity contribution in [1.82, 2.24) is 9.97 Å². The van der Waals surface area contributed by atoms with Crippen LogP contribution in [-0.2, 0) is 11.2 Å². The molecule has 1 aromatic heterocycles. The van der Waals surface area contributed by atoms with Gasteiger partial charge in [0.25, 0.3) is 5.56 Å². The van der Waals surface area contributed by atoms with Gasteiger partial charge in [0.1, 0.15) is 11.6 Å². The molecule has 1 aliphatic rings. The van der Waals surface area contributed by atoms with E-state index in [4.69, 9.17) is 0 Å². The molecule has 2 rings (SSSR count). The van der Waals surface area contributed by atoms with Crippen LogP contribution in [0.4, 0.5) is 5.82 Å². The highest BCUT2D eigenvalue weighted by Gasteiger charge is 2.45. The highest BCUT2D eigenvalue weighted by molar-refractivity contribution is 5.76. The first-order chi connectivity index (χ1) is 8.95. The Labute approximate surface area is 111 Å². The van der Waals surface area contributed by atoms with Gasteiger partial charge in [-0.25, -0.2) is 4.98 Å². The summed E-state index contributed by atoms with van der Waals surface area (Å²) in [4.78, 5) is 29.8. The second kappa shape index (κ2) is 5.03. The molecular formula is C13H19N3O3. The third-order valence-electron chi connectivity index (χ3n) is 3.89. The average molecular weight is 265 g/mol. The Balaban J connectivity index is 2.23. The normalized spacial score (nSPS) is 26.3. The molecule has 0 amide bonds. The monoisotopic (exact) mass is 265 g/mol. The van der Waals surface area contributed by atoms with Crippen molar-refractivity contribution >= 4 is 11.8 Å². The summed E-state index contributed by atoms with van der Waals surface area (Å²) in [5.74, 6) is 0.257. The van der Waals surface area contributed by atoms with Crippen molar-refractivity contribution in [2.45, 2.75) is 45.6 Å². The molecule has 1 aromatic rings. The van der Waals surface area contributed by atoms with E-state index in [1.54, 1.807) is 6.92 Å². The topological polar surface area (TPSA) is 95.1 Å². The zero-order chi connectivity index (χ0) is 14.0. The van der Waals surface area contributed by atoms with Gasteiger partial charge in [0.15, 0.2) is 0 Å². The van der Waals surface area contributed by atoms with Crippen LogP contribution in [0.3, 0.4) is 0 Å². The lowest BCUT2D eigenvalue weighted by Crippen LogP contribution is -2.40. The number of rotatable bonds is 4. The van der Waals surface area contributed by atoms with Gasteiger partial charge in [0, 0.05) is 18.5 Å². The van der Waals surface area contributed by atoms with Crippen LogP contribution in [0, 0.1) is 5.41 Å². The summed E-state index contributed by atoms with van der Waals surface area (Å²) in [6.45, 7) is 3.65. The van der Waals surface area contributed by atoms with Gasteiger partial charge in [0.2, 0.25) is 0 Å². The molecule has 1 heterocycles. The predicted molar refractivity (Wildman–Crippen MR) is 71.2 cm³/mol. The van der Waals surface area contributed by atoms with Gasteiger partial charge in [-0.2, -0.15) is 0 Å². The first-order valence-corrected chi connectivity index (χ1v) is 6.56. The van der Waals surface area contributed by atoms with Crippen molar-refractivity contribution in [3.63, 3.8) is 0 Å². The number of carboxylic acid groups (broad SMARTS) is 1. The third-order valence-corrected chi connectivity index (χ3v) is 3.89. The van der Waals surface area contributed by atoms with Gasteiger partial charge >= 0.3 is 5.97 Å². The van der Waals surface area contributed by atoms with Gasteiger partial charge in [-0.3, -0.25) is 9.59 Å². The molecule has 1 aliphatic carbocycles. The number of aromatic amines is 1. The highest BCUT2D eigenvalue weighted by atomic mass is 16.4. The van der Waals surface area contributed by atoms with Gasteiger partial charge < -0.3 is 15.4 Å². The lowest BCUT2D eigenvalue weighted by Gasteiger charge is -2.28. The number of nitrogens with one attached hydrogen (secondary N) is 2. The summed E-state index contributed by atoms with van der Waals surface area (Å²) in [7, 11) is 0. The van der Waals surface area contributed by atoms with Gasteiger partial charge in [-0.1, -0.05) is 13.3 Å². The van der Waals surface area contributed by atoms with E-state index in [9.17, 15) is 14.7 Å². The fourth-order valence-electron chi connectivity index (χ4n) is 2.58. The molecule has 104 valence electrons. The molecule has 6 nitrogen and oxygen atoms in total. The molecule has 1 fully saturated rings. The summed E-state index contributed by atoms with van der Waals surface area (Å²) in [5.41, 5.74) is -1.01. The first-order valence-electron chi connectivity index (χ1n) is 6.56. The van der Waals surface area contributed by atoms with Crippen molar-refractivity contribution in [3.05, 3.63) is 22.2 Å². The number of aryl methyl sites for hydroxylation is 1. The van der Waals surface area contributed by atoms with Crippen LogP contribution in [-0.4, -0.2) is 27.1 Å². The molecule has 6 heteroatoms. The fraction of sp³-hybridized carbons (Fsp3) is 0.615. The van der Waals surface area contributed by atoms with Crippen molar-refractivity contribution < 1.29 is 9.90 Å². The summed E-state index contributed by atoms with van der Waals surface area (Å²) in [5, 5.41) is 12.5. The number of aliphatic carboxylic acids is 1. The van der Waals surface area contributed by atoms with E-state index in [0.29, 0.717) is 24.5 Å². The Kier molecular flexibility index (Phi) is 3.59. The molecule has 2 unspecified atom stereocenters. The lowest BCUT2D eigenvalue weighted by atomic mass is 9.85. The Morgan fingerprint density at radius 2 is 2.42 bits per heavy atom. The second-order valence-electron chi connectivity index (χ2n) is 5.24. The maximum absolute atomic E-state index is 11.5. The number of nitrogens with zero attached hydrogens (tertiary/aromatic N) is 1. The van der Waals surface area contributed by atoms with E-state index in [0.717, 1.165) is 12.8 Å². The summed E-state index contributed by atoms with van der Waals surface area (Å²) in [6, 6.07) is 1.18. The molecule has 0 radical (unpaired) electrons. The minimum atomic E-state index is -0.803. The van der Waals surface area contributed by atoms with Crippen molar-refractivity contribution in [2.24, 2.45) is 5.41 Å². The Morgan fingerprint density at radius 3 is 3.05 bits per heavy atom. The van der Waals surface area contributed by atoms with E-state index in [2.05, 4.69) is 15.3 Å². The van der Waals surface area contributed by atoms with E-state index >= 15 is 0 Å². The SMILES string of the molecule is CCc1nc(NC2CCCC2(C)C(=O)O)cc(=O)[nH]1. The van der Waals surface area contributed by atoms with E-state index in [1.165, 1.54) is 6.07 Å². The van der Waals surface area contributed by atoms with Crippen LogP contribution in [0.5, 0.6) is 0 Å². The van der Waals surface area contributed by atoms with Gasteiger partial charge in [-0.05, 0) is 19.8 Å². The van der Waals surface area contributed by atoms with E-state index in [1.807, 2.05) is 6.92 Å². The molecule has 0 saturated heterocycles. The first kappa shape index (κ1) is 13.6. The van der Waals surface area contributed by atoms with E-state index in [-0.39, 0.29) is 11.6 Å². The largest absolute Gasteiger partial charge is 0.481 e. The molecule has 1 saturated carbocycles. The predicted octanol–water partition coefficient (Wildman–Crippen LogP) is 1.39. The van der Waals surface area contributed by atoms with Crippen molar-refractivity contribution in [2.75, 3.05) is 5.32 Å². The standard InChI is InChI=1S/C13H19N3O3/c1-3-9-15-10(7-11(17)16-9)14-8-5-4-6-13(8,2)12(18)19/h7-8H,3-6H2,1-2H3,(H,18,19)(H2,14,15,16,17). The summed E-state index contributed by atoms with van der Waals surface area (Å²) >= 11 is 0. The third kappa shape index (κ3) is 2.62. The lowest BCUT2D eigenvalue weighted by molar-refractivity contribution is -0.147. The van der Waals surface area contributed by atoms with Crippen LogP contribution in [0.25, 0.3) is 0 Å². The van der Waals surface area contributed by atoms with Crippen LogP contribution >= 0.6 is 0 Å². The molecule has 0 bridgehead atoms. The Bertz CT molecular complexity index is 540. The number of anilines is 1. The smallest absolute Gasteiger partial charge is 0.311 e. The minimum Gasteiger partial charge on any atom is -0.481 e. The van der Waals surface area contributed by atoms with Crippen LogP contribution in [0.2, 0.25) is 0 Å². The number of aromatic nitrogens is 2. The molecule has 0 aliphatic heterocycles. The second-order valence-corrected chi connectivity index (χ2v) is 5.24. The average Bonchev–Trinajstić information content (AvgIpc) is 2.71. The van der Waals surface area contributed by atoms with Crippen LogP contribution in [0.1, 0.15) is 38.9 Å². The van der Waals surface area contributed by atoms with Crippen molar-refractivity contribution in [1.29, 1.82) is 0 Å². The van der Waals surface area contributed by atoms with Gasteiger partial charge in [0.05, 0.1) is 5.41 Å². The van der Waals surface area contributed by atoms with E-state index < -0.39 is 11.4 Å². The minimum absolute atomic E-state index is 0.191. The fourth-order valence-corrected chi connectivity index (χ4v) is 2.58. The highest BCUT2D eigenvalue weighted by Crippen LogP contribution is 2.39. The van der Waals surface area contributed by atoms with Crippen molar-refractivity contribution in [3.8, 4) is 0 Å². The maximum atomic E-state index is 11.5. The molecule has 2 atom stereocenters. The van der Waals surface area contributed by atoms with Crippen LogP contribution < -0.4 is 10.9 Å². The molecular weight excluding hydrogens is 246 g/mol. The zero-order valence-electron chi connectivity index (χ0n) is 11.2. The number of carbonyl (C=O) groups is 1. The molecule has 19 heavy (non-hydrogen) atoms. The quantitative estimate of drug-likeness (QED) is 0.764. The summed E-state index contributed by atoms with van der Waals surface area (Å²) < 4.78 is 0. The number of hydrogen-bond acceptors (Lipinski definition) is 4. The maximum Gasteiger partial charge on any atom is 0.311 e.